The van der Waals surface area contributed by atoms with Gasteiger partial charge in [-0.1, -0.05) is 0 Å². The van der Waals surface area contributed by atoms with Crippen LogP contribution in [0.25, 0.3) is 0 Å². The van der Waals surface area contributed by atoms with Crippen LogP contribution < -0.4 is 11.1 Å². The summed E-state index contributed by atoms with van der Waals surface area (Å²) in [5.74, 6) is -0.490. The summed E-state index contributed by atoms with van der Waals surface area (Å²) in [6, 6.07) is 4.56. The van der Waals surface area contributed by atoms with Crippen LogP contribution in [0.5, 0.6) is 0 Å². The molecule has 0 aliphatic carbocycles. The van der Waals surface area contributed by atoms with Crippen LogP contribution in [0, 0.1) is 0 Å². The fourth-order valence-corrected chi connectivity index (χ4v) is 1.83. The van der Waals surface area contributed by atoms with Crippen LogP contribution in [0.2, 0.25) is 0 Å². The van der Waals surface area contributed by atoms with Crippen molar-refractivity contribution < 1.29 is 14.3 Å². The number of anilines is 2. The summed E-state index contributed by atoms with van der Waals surface area (Å²) in [5, 5.41) is 3.07. The third kappa shape index (κ3) is 4.37. The molecule has 0 saturated carbocycles. The lowest BCUT2D eigenvalue weighted by Gasteiger charge is -2.21. The number of nitrogen functional groups attached to an aromatic ring is 1. The quantitative estimate of drug-likeness (QED) is 0.616. The van der Waals surface area contributed by atoms with E-state index in [9.17, 15) is 9.59 Å². The minimum atomic E-state index is -0.469. The summed E-state index contributed by atoms with van der Waals surface area (Å²) >= 11 is 0. The highest BCUT2D eigenvalue weighted by Crippen LogP contribution is 2.19. The molecule has 21 heavy (non-hydrogen) atoms. The molecule has 1 amide bonds. The van der Waals surface area contributed by atoms with Gasteiger partial charge in [0.1, 0.15) is 6.04 Å². The number of nitrogens with one attached hydrogen (secondary N) is 1. The Morgan fingerprint density at radius 1 is 1.38 bits per heavy atom. The van der Waals surface area contributed by atoms with Gasteiger partial charge < -0.3 is 20.7 Å². The van der Waals surface area contributed by atoms with Crippen molar-refractivity contribution in [2.24, 2.45) is 0 Å². The smallest absolute Gasteiger partial charge is 0.340 e. The summed E-state index contributed by atoms with van der Waals surface area (Å²) in [7, 11) is 1.74. The van der Waals surface area contributed by atoms with Crippen LogP contribution in [-0.4, -0.2) is 43.0 Å². The first kappa shape index (κ1) is 16.8. The van der Waals surface area contributed by atoms with Gasteiger partial charge in [0.15, 0.2) is 0 Å². The van der Waals surface area contributed by atoms with Crippen LogP contribution in [0.3, 0.4) is 0 Å². The maximum absolute atomic E-state index is 12.0. The van der Waals surface area contributed by atoms with E-state index in [1.54, 1.807) is 44.0 Å². The number of nitrogens with zero attached hydrogens (tertiary/aromatic N) is 1. The van der Waals surface area contributed by atoms with E-state index in [1.165, 1.54) is 0 Å². The monoisotopic (exact) mass is 293 g/mol. The van der Waals surface area contributed by atoms with Crippen molar-refractivity contribution in [1.82, 2.24) is 4.90 Å². The molecule has 116 valence electrons. The molecule has 0 saturated heterocycles. The van der Waals surface area contributed by atoms with Gasteiger partial charge in [-0.15, -0.1) is 0 Å². The Hall–Kier alpha value is -2.24. The topological polar surface area (TPSA) is 84.7 Å². The van der Waals surface area contributed by atoms with E-state index in [1.807, 2.05) is 6.92 Å². The molecule has 0 spiro atoms. The summed E-state index contributed by atoms with van der Waals surface area (Å²) in [6.45, 7) is 6.34. The van der Waals surface area contributed by atoms with Gasteiger partial charge in [-0.2, -0.15) is 0 Å². The Bertz CT molecular complexity index is 517. The minimum Gasteiger partial charge on any atom is -0.462 e. The Morgan fingerprint density at radius 2 is 2.05 bits per heavy atom. The molecule has 0 aliphatic heterocycles. The first-order valence-electron chi connectivity index (χ1n) is 6.98. The molecule has 0 fully saturated rings. The first-order valence-corrected chi connectivity index (χ1v) is 6.98. The second-order valence-electron chi connectivity index (χ2n) is 4.74. The minimum absolute atomic E-state index is 0.0213. The fraction of sp³-hybridized carbons (Fsp3) is 0.467. The summed E-state index contributed by atoms with van der Waals surface area (Å²) in [5.41, 5.74) is 7.08. The summed E-state index contributed by atoms with van der Waals surface area (Å²) < 4.78 is 4.95. The molecule has 1 aromatic carbocycles. The van der Waals surface area contributed by atoms with Crippen molar-refractivity contribution in [3.8, 4) is 0 Å². The standard InChI is InChI=1S/C15H23N3O3/c1-5-18(4)14(19)10(3)17-11-7-8-13(16)12(9-11)15(20)21-6-2/h7-10,17H,5-6,16H2,1-4H3. The van der Waals surface area contributed by atoms with Gasteiger partial charge in [0.25, 0.3) is 0 Å². The average Bonchev–Trinajstić information content (AvgIpc) is 2.47. The Morgan fingerprint density at radius 3 is 2.62 bits per heavy atom. The summed E-state index contributed by atoms with van der Waals surface area (Å²) in [6.07, 6.45) is 0. The molecule has 6 nitrogen and oxygen atoms in total. The van der Waals surface area contributed by atoms with Crippen LogP contribution in [-0.2, 0) is 9.53 Å². The molecule has 1 unspecified atom stereocenters. The average molecular weight is 293 g/mol. The largest absolute Gasteiger partial charge is 0.462 e. The van der Waals surface area contributed by atoms with Gasteiger partial charge in [-0.25, -0.2) is 4.79 Å². The van der Waals surface area contributed by atoms with Gasteiger partial charge >= 0.3 is 5.97 Å². The zero-order chi connectivity index (χ0) is 16.0. The lowest BCUT2D eigenvalue weighted by Crippen LogP contribution is -2.38. The van der Waals surface area contributed by atoms with E-state index >= 15 is 0 Å². The van der Waals surface area contributed by atoms with Crippen molar-refractivity contribution in [2.75, 3.05) is 31.2 Å². The van der Waals surface area contributed by atoms with Gasteiger partial charge in [0.2, 0.25) is 5.91 Å². The van der Waals surface area contributed by atoms with Crippen molar-refractivity contribution >= 4 is 23.3 Å². The van der Waals surface area contributed by atoms with Crippen LogP contribution in [0.15, 0.2) is 18.2 Å². The zero-order valence-corrected chi connectivity index (χ0v) is 13.0. The normalized spacial score (nSPS) is 11.6. The van der Waals surface area contributed by atoms with Crippen molar-refractivity contribution in [3.05, 3.63) is 23.8 Å². The number of carbonyl (C=O) groups excluding carboxylic acids is 2. The molecular formula is C15H23N3O3. The molecule has 3 N–H and O–H groups in total. The highest BCUT2D eigenvalue weighted by Gasteiger charge is 2.17. The first-order chi connectivity index (χ1) is 9.90. The number of esters is 1. The molecule has 0 bridgehead atoms. The second-order valence-corrected chi connectivity index (χ2v) is 4.74. The second kappa shape index (κ2) is 7.52. The molecule has 0 aliphatic rings. The van der Waals surface area contributed by atoms with Crippen LogP contribution in [0.4, 0.5) is 11.4 Å². The van der Waals surface area contributed by atoms with E-state index in [0.29, 0.717) is 23.5 Å². The molecule has 1 aromatic rings. The zero-order valence-electron chi connectivity index (χ0n) is 13.0. The molecule has 1 atom stereocenters. The SMILES string of the molecule is CCOC(=O)c1cc(NC(C)C(=O)N(C)CC)ccc1N. The summed E-state index contributed by atoms with van der Waals surface area (Å²) in [4.78, 5) is 25.4. The highest BCUT2D eigenvalue weighted by molar-refractivity contribution is 5.96. The molecular weight excluding hydrogens is 270 g/mol. The van der Waals surface area contributed by atoms with Crippen molar-refractivity contribution in [2.45, 2.75) is 26.8 Å². The Labute approximate surface area is 125 Å². The molecule has 0 heterocycles. The third-order valence-electron chi connectivity index (χ3n) is 3.15. The van der Waals surface area contributed by atoms with E-state index < -0.39 is 12.0 Å². The molecule has 0 aromatic heterocycles. The van der Waals surface area contributed by atoms with E-state index in [0.717, 1.165) is 0 Å². The van der Waals surface area contributed by atoms with Crippen LogP contribution >= 0.6 is 0 Å². The Balaban J connectivity index is 2.87. The highest BCUT2D eigenvalue weighted by atomic mass is 16.5. The van der Waals surface area contributed by atoms with Gasteiger partial charge in [0.05, 0.1) is 12.2 Å². The van der Waals surface area contributed by atoms with Gasteiger partial charge in [-0.3, -0.25) is 4.79 Å². The van der Waals surface area contributed by atoms with Crippen molar-refractivity contribution in [1.29, 1.82) is 0 Å². The van der Waals surface area contributed by atoms with E-state index in [-0.39, 0.29) is 12.5 Å². The fourth-order valence-electron chi connectivity index (χ4n) is 1.83. The Kier molecular flexibility index (Phi) is 6.02. The number of rotatable bonds is 6. The lowest BCUT2D eigenvalue weighted by atomic mass is 10.1. The van der Waals surface area contributed by atoms with Crippen molar-refractivity contribution in [3.63, 3.8) is 0 Å². The maximum atomic E-state index is 12.0. The predicted octanol–water partition coefficient (Wildman–Crippen LogP) is 1.72. The maximum Gasteiger partial charge on any atom is 0.340 e. The third-order valence-corrected chi connectivity index (χ3v) is 3.15. The number of carbonyl (C=O) groups is 2. The number of hydrogen-bond donors (Lipinski definition) is 2. The number of nitrogens with two attached hydrogens (primary N) is 1. The number of likely N-dealkylation sites (N-methyl/N-ethyl adjacent to an activating group) is 1. The number of benzene rings is 1. The number of hydrogen-bond acceptors (Lipinski definition) is 5. The van der Waals surface area contributed by atoms with E-state index in [2.05, 4.69) is 5.32 Å². The lowest BCUT2D eigenvalue weighted by molar-refractivity contribution is -0.130. The number of ether oxygens (including phenoxy) is 1. The van der Waals surface area contributed by atoms with Crippen LogP contribution in [0.1, 0.15) is 31.1 Å². The molecule has 1 rings (SSSR count). The van der Waals surface area contributed by atoms with Gasteiger partial charge in [-0.05, 0) is 39.0 Å². The molecule has 6 heteroatoms. The van der Waals surface area contributed by atoms with E-state index in [4.69, 9.17) is 10.5 Å². The predicted molar refractivity (Wildman–Crippen MR) is 83.2 cm³/mol. The number of amides is 1. The molecule has 0 radical (unpaired) electrons. The van der Waals surface area contributed by atoms with Gasteiger partial charge in [0, 0.05) is 25.0 Å².